The molecule has 3 rings (SSSR count). The van der Waals surface area contributed by atoms with Gasteiger partial charge >= 0.3 is 0 Å². The second-order valence-electron chi connectivity index (χ2n) is 5.65. The lowest BCUT2D eigenvalue weighted by Gasteiger charge is -2.15. The largest absolute Gasteiger partial charge is 0.351 e. The zero-order valence-corrected chi connectivity index (χ0v) is 15.7. The third-order valence-corrected chi connectivity index (χ3v) is 6.17. The molecule has 0 atom stereocenters. The van der Waals surface area contributed by atoms with Gasteiger partial charge in [-0.3, -0.25) is 9.52 Å². The second kappa shape index (κ2) is 6.36. The van der Waals surface area contributed by atoms with Crippen molar-refractivity contribution in [1.82, 2.24) is 4.57 Å². The highest BCUT2D eigenvalue weighted by Gasteiger charge is 2.36. The molecule has 0 radical (unpaired) electrons. The molecular weight excluding hydrogens is 448 g/mol. The molecule has 1 saturated carbocycles. The van der Waals surface area contributed by atoms with E-state index in [1.54, 1.807) is 6.07 Å². The molecule has 1 aromatic carbocycles. The minimum atomic E-state index is -3.50. The van der Waals surface area contributed by atoms with Gasteiger partial charge < -0.3 is 9.88 Å². The zero-order valence-electron chi connectivity index (χ0n) is 12.7. The van der Waals surface area contributed by atoms with Gasteiger partial charge in [-0.25, -0.2) is 12.8 Å². The smallest absolute Gasteiger partial charge is 0.252 e. The number of nitrogens with one attached hydrogen (secondary N) is 2. The normalized spacial score (nSPS) is 14.5. The molecular formula is C15H15FIN3O3S. The fraction of sp³-hybridized carbons (Fsp3) is 0.267. The minimum Gasteiger partial charge on any atom is -0.351 e. The van der Waals surface area contributed by atoms with Crippen LogP contribution in [0.2, 0.25) is 0 Å². The molecule has 0 spiro atoms. The number of aromatic nitrogens is 1. The Hall–Kier alpha value is -1.62. The summed E-state index contributed by atoms with van der Waals surface area (Å²) in [5.74, 6) is -0.487. The van der Waals surface area contributed by atoms with E-state index < -0.39 is 21.1 Å². The standard InChI is InChI=1S/C15H15FIN3O3S/c1-20-8-14(19-24(22,23)10-3-4-10)13(7-15(20)21)18-12-5-2-9(17)6-11(12)16/h2,5-8,10,18-19H,3-4H2,1H3. The lowest BCUT2D eigenvalue weighted by molar-refractivity contribution is 0.600. The summed E-state index contributed by atoms with van der Waals surface area (Å²) >= 11 is 1.99. The van der Waals surface area contributed by atoms with E-state index >= 15 is 0 Å². The molecule has 128 valence electrons. The van der Waals surface area contributed by atoms with Crippen LogP contribution in [0.25, 0.3) is 0 Å². The molecule has 9 heteroatoms. The van der Waals surface area contributed by atoms with E-state index in [1.165, 1.54) is 36.0 Å². The number of aryl methyl sites for hydroxylation is 1. The van der Waals surface area contributed by atoms with Crippen LogP contribution >= 0.6 is 22.6 Å². The highest BCUT2D eigenvalue weighted by Crippen LogP contribution is 2.32. The van der Waals surface area contributed by atoms with Crippen molar-refractivity contribution in [1.29, 1.82) is 0 Å². The summed E-state index contributed by atoms with van der Waals surface area (Å²) in [4.78, 5) is 11.9. The van der Waals surface area contributed by atoms with Crippen LogP contribution in [-0.4, -0.2) is 18.2 Å². The van der Waals surface area contributed by atoms with Crippen molar-refractivity contribution in [3.05, 3.63) is 50.2 Å². The number of pyridine rings is 1. The van der Waals surface area contributed by atoms with Crippen LogP contribution in [0.4, 0.5) is 21.5 Å². The van der Waals surface area contributed by atoms with E-state index in [-0.39, 0.29) is 22.6 Å². The van der Waals surface area contributed by atoms with Gasteiger partial charge in [0.1, 0.15) is 5.82 Å². The molecule has 0 bridgehead atoms. The lowest BCUT2D eigenvalue weighted by Crippen LogP contribution is -2.22. The van der Waals surface area contributed by atoms with E-state index in [0.717, 1.165) is 3.57 Å². The van der Waals surface area contributed by atoms with Crippen LogP contribution in [0.3, 0.4) is 0 Å². The maximum Gasteiger partial charge on any atom is 0.252 e. The van der Waals surface area contributed by atoms with E-state index in [4.69, 9.17) is 0 Å². The van der Waals surface area contributed by atoms with Crippen LogP contribution in [0.5, 0.6) is 0 Å². The summed E-state index contributed by atoms with van der Waals surface area (Å²) in [7, 11) is -1.98. The number of anilines is 3. The highest BCUT2D eigenvalue weighted by atomic mass is 127. The summed E-state index contributed by atoms with van der Waals surface area (Å²) in [6, 6.07) is 5.83. The molecule has 2 N–H and O–H groups in total. The van der Waals surface area contributed by atoms with Gasteiger partial charge in [-0.15, -0.1) is 0 Å². The van der Waals surface area contributed by atoms with Crippen LogP contribution in [0, 0.1) is 9.39 Å². The summed E-state index contributed by atoms with van der Waals surface area (Å²) in [5.41, 5.74) is 0.248. The number of halogens is 2. The highest BCUT2D eigenvalue weighted by molar-refractivity contribution is 14.1. The van der Waals surface area contributed by atoms with Gasteiger partial charge in [-0.2, -0.15) is 0 Å². The van der Waals surface area contributed by atoms with Crippen molar-refractivity contribution >= 4 is 49.7 Å². The Morgan fingerprint density at radius 2 is 1.92 bits per heavy atom. The summed E-state index contributed by atoms with van der Waals surface area (Å²) < 4.78 is 42.9. The Morgan fingerprint density at radius 3 is 2.54 bits per heavy atom. The topological polar surface area (TPSA) is 80.2 Å². The van der Waals surface area contributed by atoms with E-state index in [1.807, 2.05) is 22.6 Å². The molecule has 0 saturated heterocycles. The predicted octanol–water partition coefficient (Wildman–Crippen LogP) is 2.78. The van der Waals surface area contributed by atoms with E-state index in [0.29, 0.717) is 12.8 Å². The first kappa shape index (κ1) is 17.2. The van der Waals surface area contributed by atoms with Gasteiger partial charge in [-0.1, -0.05) is 0 Å². The fourth-order valence-corrected chi connectivity index (χ4v) is 4.01. The van der Waals surface area contributed by atoms with Gasteiger partial charge in [0.2, 0.25) is 10.0 Å². The molecule has 0 unspecified atom stereocenters. The van der Waals surface area contributed by atoms with Gasteiger partial charge in [0.05, 0.1) is 22.3 Å². The van der Waals surface area contributed by atoms with Crippen molar-refractivity contribution in [2.75, 3.05) is 10.0 Å². The SMILES string of the molecule is Cn1cc(NS(=O)(=O)C2CC2)c(Nc2ccc(I)cc2F)cc1=O. The molecule has 1 aliphatic rings. The molecule has 6 nitrogen and oxygen atoms in total. The van der Waals surface area contributed by atoms with Crippen molar-refractivity contribution in [3.63, 3.8) is 0 Å². The predicted molar refractivity (Wildman–Crippen MR) is 99.6 cm³/mol. The van der Waals surface area contributed by atoms with Crippen molar-refractivity contribution in [2.24, 2.45) is 7.05 Å². The average Bonchev–Trinajstić information content (AvgIpc) is 3.32. The molecule has 24 heavy (non-hydrogen) atoms. The molecule has 1 heterocycles. The van der Waals surface area contributed by atoms with Crippen molar-refractivity contribution in [3.8, 4) is 0 Å². The van der Waals surface area contributed by atoms with E-state index in [2.05, 4.69) is 10.0 Å². The third kappa shape index (κ3) is 3.72. The average molecular weight is 463 g/mol. The molecule has 2 aromatic rings. The van der Waals surface area contributed by atoms with Gasteiger partial charge in [0.25, 0.3) is 5.56 Å². The molecule has 1 aromatic heterocycles. The maximum atomic E-state index is 14.0. The van der Waals surface area contributed by atoms with Crippen LogP contribution in [0.15, 0.2) is 35.3 Å². The third-order valence-electron chi connectivity index (χ3n) is 3.64. The van der Waals surface area contributed by atoms with Crippen LogP contribution in [-0.2, 0) is 17.1 Å². The Morgan fingerprint density at radius 1 is 1.21 bits per heavy atom. The van der Waals surface area contributed by atoms with E-state index in [9.17, 15) is 17.6 Å². The number of hydrogen-bond acceptors (Lipinski definition) is 4. The summed E-state index contributed by atoms with van der Waals surface area (Å²) in [6.07, 6.45) is 2.63. The number of hydrogen-bond donors (Lipinski definition) is 2. The lowest BCUT2D eigenvalue weighted by atomic mass is 10.2. The summed E-state index contributed by atoms with van der Waals surface area (Å²) in [5, 5.41) is 2.39. The second-order valence-corrected chi connectivity index (χ2v) is 8.85. The number of sulfonamides is 1. The number of rotatable bonds is 5. The molecule has 0 aliphatic heterocycles. The molecule has 1 aliphatic carbocycles. The first-order chi connectivity index (χ1) is 11.3. The minimum absolute atomic E-state index is 0.163. The fourth-order valence-electron chi connectivity index (χ4n) is 2.17. The van der Waals surface area contributed by atoms with Crippen LogP contribution in [0.1, 0.15) is 12.8 Å². The Balaban J connectivity index is 1.99. The first-order valence-electron chi connectivity index (χ1n) is 7.20. The monoisotopic (exact) mass is 463 g/mol. The molecule has 0 amide bonds. The summed E-state index contributed by atoms with van der Waals surface area (Å²) in [6.45, 7) is 0. The van der Waals surface area contributed by atoms with Crippen molar-refractivity contribution < 1.29 is 12.8 Å². The quantitative estimate of drug-likeness (QED) is 0.669. The van der Waals surface area contributed by atoms with Gasteiger partial charge in [0, 0.05) is 22.9 Å². The Labute approximate surface area is 152 Å². The zero-order chi connectivity index (χ0) is 17.5. The Bertz CT molecular complexity index is 955. The van der Waals surface area contributed by atoms with Gasteiger partial charge in [0.15, 0.2) is 0 Å². The van der Waals surface area contributed by atoms with Gasteiger partial charge in [-0.05, 0) is 53.6 Å². The maximum absolute atomic E-state index is 14.0. The van der Waals surface area contributed by atoms with Crippen LogP contribution < -0.4 is 15.6 Å². The number of nitrogens with zero attached hydrogens (tertiary/aromatic N) is 1. The first-order valence-corrected chi connectivity index (χ1v) is 9.83. The number of benzene rings is 1. The molecule has 1 fully saturated rings. The Kier molecular flexibility index (Phi) is 4.56. The van der Waals surface area contributed by atoms with Crippen molar-refractivity contribution in [2.45, 2.75) is 18.1 Å².